The molecule has 112 valence electrons. The summed E-state index contributed by atoms with van der Waals surface area (Å²) in [7, 11) is 2.85. The molecular weight excluding hydrogens is 299 g/mol. The molecule has 2 rings (SSSR count). The lowest BCUT2D eigenvalue weighted by atomic mass is 10.1. The fourth-order valence-corrected chi connectivity index (χ4v) is 2.05. The number of hydrogen-bond donors (Lipinski definition) is 1. The van der Waals surface area contributed by atoms with Gasteiger partial charge in [-0.05, 0) is 11.6 Å². The second-order valence-electron chi connectivity index (χ2n) is 4.24. The minimum atomic E-state index is -1.08. The molecule has 1 atom stereocenters. The van der Waals surface area contributed by atoms with Crippen LogP contribution in [0, 0.1) is 5.82 Å². The molecule has 0 fully saturated rings. The highest BCUT2D eigenvalue weighted by Crippen LogP contribution is 2.28. The molecule has 0 saturated carbocycles. The Bertz CT molecular complexity index is 640. The first-order valence-electron chi connectivity index (χ1n) is 6.12. The lowest BCUT2D eigenvalue weighted by Gasteiger charge is -2.14. The minimum absolute atomic E-state index is 0.00373. The second kappa shape index (κ2) is 6.69. The van der Waals surface area contributed by atoms with Crippen LogP contribution < -0.4 is 9.47 Å². The van der Waals surface area contributed by atoms with Gasteiger partial charge in [-0.2, -0.15) is 4.98 Å². The lowest BCUT2D eigenvalue weighted by molar-refractivity contribution is 0.165. The Morgan fingerprint density at radius 3 is 2.76 bits per heavy atom. The van der Waals surface area contributed by atoms with E-state index in [1.54, 1.807) is 12.1 Å². The average Bonchev–Trinajstić information content (AvgIpc) is 2.51. The van der Waals surface area contributed by atoms with Gasteiger partial charge in [0.15, 0.2) is 0 Å². The summed E-state index contributed by atoms with van der Waals surface area (Å²) in [5, 5.41) is 10.2. The van der Waals surface area contributed by atoms with Gasteiger partial charge in [0, 0.05) is 6.42 Å². The predicted octanol–water partition coefficient (Wildman–Crippen LogP) is 2.56. The molecule has 7 heteroatoms. The molecule has 0 aliphatic heterocycles. The van der Waals surface area contributed by atoms with Crippen molar-refractivity contribution >= 4 is 11.6 Å². The van der Waals surface area contributed by atoms with Crippen molar-refractivity contribution in [2.24, 2.45) is 0 Å². The molecule has 1 heterocycles. The molecule has 2 aromatic rings. The Balaban J connectivity index is 2.28. The highest BCUT2D eigenvalue weighted by Gasteiger charge is 2.20. The molecule has 5 nitrogen and oxygen atoms in total. The van der Waals surface area contributed by atoms with E-state index in [-0.39, 0.29) is 34.5 Å². The third-order valence-corrected chi connectivity index (χ3v) is 3.20. The SMILES string of the molecule is COc1cnc(C(O)Cc2cccc(Cl)c2F)c(OC)n1. The van der Waals surface area contributed by atoms with E-state index in [1.165, 1.54) is 26.5 Å². The average molecular weight is 313 g/mol. The maximum atomic E-state index is 13.8. The van der Waals surface area contributed by atoms with E-state index >= 15 is 0 Å². The molecule has 0 radical (unpaired) electrons. The summed E-state index contributed by atoms with van der Waals surface area (Å²) in [5.41, 5.74) is 0.493. The smallest absolute Gasteiger partial charge is 0.241 e. The van der Waals surface area contributed by atoms with Gasteiger partial charge >= 0.3 is 0 Å². The van der Waals surface area contributed by atoms with Crippen LogP contribution in [0.25, 0.3) is 0 Å². The number of benzene rings is 1. The van der Waals surface area contributed by atoms with Gasteiger partial charge in [0.25, 0.3) is 0 Å². The zero-order chi connectivity index (χ0) is 15.4. The molecule has 1 unspecified atom stereocenters. The lowest BCUT2D eigenvalue weighted by Crippen LogP contribution is -2.09. The van der Waals surface area contributed by atoms with E-state index in [0.717, 1.165) is 0 Å². The van der Waals surface area contributed by atoms with Crippen LogP contribution in [-0.2, 0) is 6.42 Å². The molecule has 0 aliphatic rings. The van der Waals surface area contributed by atoms with Crippen molar-refractivity contribution in [2.75, 3.05) is 14.2 Å². The number of nitrogens with zero attached hydrogens (tertiary/aromatic N) is 2. The zero-order valence-electron chi connectivity index (χ0n) is 11.5. The number of rotatable bonds is 5. The highest BCUT2D eigenvalue weighted by molar-refractivity contribution is 6.30. The van der Waals surface area contributed by atoms with Crippen LogP contribution in [0.1, 0.15) is 17.4 Å². The molecule has 0 aliphatic carbocycles. The molecule has 0 spiro atoms. The number of aromatic nitrogens is 2. The molecule has 0 bridgehead atoms. The fraction of sp³-hybridized carbons (Fsp3) is 0.286. The van der Waals surface area contributed by atoms with Crippen LogP contribution in [-0.4, -0.2) is 29.3 Å². The summed E-state index contributed by atoms with van der Waals surface area (Å²) in [6.45, 7) is 0. The Morgan fingerprint density at radius 2 is 2.10 bits per heavy atom. The third kappa shape index (κ3) is 3.40. The molecule has 21 heavy (non-hydrogen) atoms. The van der Waals surface area contributed by atoms with Gasteiger partial charge in [-0.1, -0.05) is 23.7 Å². The van der Waals surface area contributed by atoms with Crippen LogP contribution in [0.5, 0.6) is 11.8 Å². The first kappa shape index (κ1) is 15.5. The predicted molar refractivity (Wildman–Crippen MR) is 75.2 cm³/mol. The van der Waals surface area contributed by atoms with Crippen molar-refractivity contribution in [3.8, 4) is 11.8 Å². The highest BCUT2D eigenvalue weighted by atomic mass is 35.5. The van der Waals surface area contributed by atoms with E-state index in [0.29, 0.717) is 0 Å². The fourth-order valence-electron chi connectivity index (χ4n) is 1.85. The molecule has 1 aromatic carbocycles. The quantitative estimate of drug-likeness (QED) is 0.919. The van der Waals surface area contributed by atoms with Gasteiger partial charge in [-0.3, -0.25) is 0 Å². The molecule has 1 aromatic heterocycles. The van der Waals surface area contributed by atoms with Crippen LogP contribution >= 0.6 is 11.6 Å². The summed E-state index contributed by atoms with van der Waals surface area (Å²) in [5.74, 6) is -0.167. The number of aliphatic hydroxyl groups excluding tert-OH is 1. The van der Waals surface area contributed by atoms with Crippen molar-refractivity contribution in [1.29, 1.82) is 0 Å². The van der Waals surface area contributed by atoms with Crippen LogP contribution in [0.15, 0.2) is 24.4 Å². The Morgan fingerprint density at radius 1 is 1.33 bits per heavy atom. The number of halogens is 2. The standard InChI is InChI=1S/C14H14ClFN2O3/c1-20-11-7-17-13(14(18-11)21-2)10(19)6-8-4-3-5-9(15)12(8)16/h3-5,7,10,19H,6H2,1-2H3. The van der Waals surface area contributed by atoms with Crippen LogP contribution in [0.3, 0.4) is 0 Å². The number of methoxy groups -OCH3 is 2. The van der Waals surface area contributed by atoms with E-state index in [1.807, 2.05) is 0 Å². The Labute approximate surface area is 126 Å². The van der Waals surface area contributed by atoms with Crippen molar-refractivity contribution in [2.45, 2.75) is 12.5 Å². The third-order valence-electron chi connectivity index (χ3n) is 2.91. The number of hydrogen-bond acceptors (Lipinski definition) is 5. The topological polar surface area (TPSA) is 64.5 Å². The first-order valence-corrected chi connectivity index (χ1v) is 6.50. The van der Waals surface area contributed by atoms with E-state index in [2.05, 4.69) is 9.97 Å². The van der Waals surface area contributed by atoms with Crippen LogP contribution in [0.4, 0.5) is 4.39 Å². The summed E-state index contributed by atoms with van der Waals surface area (Å²) in [6, 6.07) is 4.61. The van der Waals surface area contributed by atoms with Crippen molar-refractivity contribution in [1.82, 2.24) is 9.97 Å². The van der Waals surface area contributed by atoms with E-state index < -0.39 is 11.9 Å². The zero-order valence-corrected chi connectivity index (χ0v) is 12.3. The maximum Gasteiger partial charge on any atom is 0.241 e. The van der Waals surface area contributed by atoms with Gasteiger partial charge in [0.1, 0.15) is 17.6 Å². The van der Waals surface area contributed by atoms with Gasteiger partial charge in [0.05, 0.1) is 25.4 Å². The molecule has 0 amide bonds. The number of aliphatic hydroxyl groups is 1. The largest absolute Gasteiger partial charge is 0.480 e. The Hall–Kier alpha value is -1.92. The van der Waals surface area contributed by atoms with Gasteiger partial charge in [0.2, 0.25) is 11.8 Å². The van der Waals surface area contributed by atoms with Crippen LogP contribution in [0.2, 0.25) is 5.02 Å². The summed E-state index contributed by atoms with van der Waals surface area (Å²) < 4.78 is 23.8. The number of ether oxygens (including phenoxy) is 2. The second-order valence-corrected chi connectivity index (χ2v) is 4.65. The van der Waals surface area contributed by atoms with E-state index in [4.69, 9.17) is 21.1 Å². The summed E-state index contributed by atoms with van der Waals surface area (Å²) in [4.78, 5) is 8.08. The van der Waals surface area contributed by atoms with Crippen molar-refractivity contribution in [3.05, 3.63) is 46.5 Å². The van der Waals surface area contributed by atoms with E-state index in [9.17, 15) is 9.50 Å². The molecule has 1 N–H and O–H groups in total. The molecular formula is C14H14ClFN2O3. The van der Waals surface area contributed by atoms with Gasteiger partial charge < -0.3 is 14.6 Å². The maximum absolute atomic E-state index is 13.8. The first-order chi connectivity index (χ1) is 10.1. The monoisotopic (exact) mass is 312 g/mol. The van der Waals surface area contributed by atoms with Gasteiger partial charge in [-0.25, -0.2) is 9.37 Å². The van der Waals surface area contributed by atoms with Crippen molar-refractivity contribution < 1.29 is 19.0 Å². The Kier molecular flexibility index (Phi) is 4.93. The van der Waals surface area contributed by atoms with Gasteiger partial charge in [-0.15, -0.1) is 0 Å². The summed E-state index contributed by atoms with van der Waals surface area (Å²) in [6.07, 6.45) is 0.283. The summed E-state index contributed by atoms with van der Waals surface area (Å²) >= 11 is 5.72. The minimum Gasteiger partial charge on any atom is -0.480 e. The van der Waals surface area contributed by atoms with Crippen molar-refractivity contribution in [3.63, 3.8) is 0 Å². The molecule has 0 saturated heterocycles. The normalized spacial score (nSPS) is 12.0.